The lowest BCUT2D eigenvalue weighted by Crippen LogP contribution is -2.35. The summed E-state index contributed by atoms with van der Waals surface area (Å²) in [6.45, 7) is 5.23. The summed E-state index contributed by atoms with van der Waals surface area (Å²) >= 11 is 0. The summed E-state index contributed by atoms with van der Waals surface area (Å²) in [6.07, 6.45) is 1.62. The van der Waals surface area contributed by atoms with E-state index in [0.29, 0.717) is 0 Å². The molecule has 25 heavy (non-hydrogen) atoms. The molecule has 1 fully saturated rings. The van der Waals surface area contributed by atoms with Crippen LogP contribution < -0.4 is 5.32 Å². The molecular formula is C16H16N2O7. The summed E-state index contributed by atoms with van der Waals surface area (Å²) in [7, 11) is 0. The summed E-state index contributed by atoms with van der Waals surface area (Å²) in [5.41, 5.74) is -2.51. The van der Waals surface area contributed by atoms with E-state index in [2.05, 4.69) is 11.9 Å². The first-order chi connectivity index (χ1) is 11.8. The number of nitro benzene ring substituents is 1. The Morgan fingerprint density at radius 3 is 2.68 bits per heavy atom. The zero-order chi connectivity index (χ0) is 18.8. The van der Waals surface area contributed by atoms with Gasteiger partial charge in [0.1, 0.15) is 5.69 Å². The fraction of sp³-hybridized carbons (Fsp3) is 0.312. The number of esters is 1. The fourth-order valence-electron chi connectivity index (χ4n) is 2.58. The van der Waals surface area contributed by atoms with Gasteiger partial charge in [-0.1, -0.05) is 6.08 Å². The van der Waals surface area contributed by atoms with Crippen molar-refractivity contribution in [3.63, 3.8) is 0 Å². The van der Waals surface area contributed by atoms with E-state index in [9.17, 15) is 24.5 Å². The summed E-state index contributed by atoms with van der Waals surface area (Å²) in [6, 6.07) is 3.01. The number of hydrogen-bond acceptors (Lipinski definition) is 6. The van der Waals surface area contributed by atoms with Gasteiger partial charge in [0.05, 0.1) is 17.1 Å². The molecule has 1 aliphatic rings. The van der Waals surface area contributed by atoms with Crippen LogP contribution in [0.15, 0.2) is 30.9 Å². The van der Waals surface area contributed by atoms with Gasteiger partial charge in [-0.15, -0.1) is 6.58 Å². The molecule has 9 heteroatoms. The van der Waals surface area contributed by atoms with Crippen LogP contribution in [0.2, 0.25) is 0 Å². The number of carbonyl (C=O) groups is 3. The average Bonchev–Trinajstić information content (AvgIpc) is 3.30. The van der Waals surface area contributed by atoms with Gasteiger partial charge < -0.3 is 15.2 Å². The van der Waals surface area contributed by atoms with Crippen molar-refractivity contribution in [2.45, 2.75) is 13.3 Å². The van der Waals surface area contributed by atoms with Crippen LogP contribution in [0.25, 0.3) is 0 Å². The predicted molar refractivity (Wildman–Crippen MR) is 86.1 cm³/mol. The van der Waals surface area contributed by atoms with Gasteiger partial charge in [-0.25, -0.2) is 4.79 Å². The molecule has 0 spiro atoms. The lowest BCUT2D eigenvalue weighted by atomic mass is 10.0. The van der Waals surface area contributed by atoms with Crippen LogP contribution in [0, 0.1) is 21.4 Å². The minimum absolute atomic E-state index is 0.0758. The molecular weight excluding hydrogens is 332 g/mol. The van der Waals surface area contributed by atoms with Gasteiger partial charge in [0.15, 0.2) is 5.41 Å². The number of nitro groups is 1. The molecule has 0 bridgehead atoms. The second kappa shape index (κ2) is 6.71. The van der Waals surface area contributed by atoms with Crippen LogP contribution in [0.4, 0.5) is 11.4 Å². The number of amides is 1. The molecule has 0 radical (unpaired) electrons. The van der Waals surface area contributed by atoms with Crippen molar-refractivity contribution in [3.05, 3.63) is 46.5 Å². The third kappa shape index (κ3) is 3.21. The maximum absolute atomic E-state index is 12.6. The maximum Gasteiger partial charge on any atom is 0.335 e. The Balaban J connectivity index is 2.37. The molecule has 0 heterocycles. The number of aromatic carboxylic acids is 1. The van der Waals surface area contributed by atoms with Crippen molar-refractivity contribution in [3.8, 4) is 0 Å². The number of nitrogens with one attached hydrogen (secondary N) is 1. The highest BCUT2D eigenvalue weighted by Gasteiger charge is 2.65. The first-order valence-corrected chi connectivity index (χ1v) is 7.40. The lowest BCUT2D eigenvalue weighted by molar-refractivity contribution is -0.383. The van der Waals surface area contributed by atoms with Gasteiger partial charge in [-0.3, -0.25) is 19.7 Å². The number of carboxylic acids is 1. The number of carbonyl (C=O) groups excluding carboxylic acids is 2. The second-order valence-corrected chi connectivity index (χ2v) is 5.49. The second-order valence-electron chi connectivity index (χ2n) is 5.49. The average molecular weight is 348 g/mol. The highest BCUT2D eigenvalue weighted by Crippen LogP contribution is 2.55. The number of benzene rings is 1. The SMILES string of the molecule is C=CC1CC1(C(=O)Nc1cc(C(=O)O)ccc1[N+](=O)[O-])C(=O)OCC. The van der Waals surface area contributed by atoms with E-state index in [4.69, 9.17) is 9.84 Å². The Labute approximate surface area is 142 Å². The van der Waals surface area contributed by atoms with Crippen LogP contribution in [-0.4, -0.2) is 34.5 Å². The topological polar surface area (TPSA) is 136 Å². The number of hydrogen-bond donors (Lipinski definition) is 2. The van der Waals surface area contributed by atoms with Crippen molar-refractivity contribution < 1.29 is 29.2 Å². The van der Waals surface area contributed by atoms with Gasteiger partial charge >= 0.3 is 11.9 Å². The third-order valence-electron chi connectivity index (χ3n) is 4.03. The number of anilines is 1. The van der Waals surface area contributed by atoms with E-state index < -0.39 is 39.8 Å². The van der Waals surface area contributed by atoms with Crippen molar-refractivity contribution in [2.24, 2.45) is 11.3 Å². The van der Waals surface area contributed by atoms with Gasteiger partial charge in [-0.2, -0.15) is 0 Å². The van der Waals surface area contributed by atoms with E-state index in [-0.39, 0.29) is 24.3 Å². The van der Waals surface area contributed by atoms with E-state index in [1.165, 1.54) is 6.08 Å². The van der Waals surface area contributed by atoms with Crippen molar-refractivity contribution in [2.75, 3.05) is 11.9 Å². The maximum atomic E-state index is 12.6. The summed E-state index contributed by atoms with van der Waals surface area (Å²) in [5, 5.41) is 22.4. The minimum atomic E-state index is -1.50. The van der Waals surface area contributed by atoms with E-state index in [0.717, 1.165) is 18.2 Å². The lowest BCUT2D eigenvalue weighted by Gasteiger charge is -2.15. The molecule has 0 saturated heterocycles. The summed E-state index contributed by atoms with van der Waals surface area (Å²) < 4.78 is 4.92. The number of carboxylic acid groups (broad SMARTS) is 1. The Bertz CT molecular complexity index is 774. The standard InChI is InChI=1S/C16H16N2O7/c1-3-10-8-16(10,15(22)25-4-2)14(21)17-11-7-9(13(19)20)5-6-12(11)18(23)24/h3,5-7,10H,1,4,8H2,2H3,(H,17,21)(H,19,20). The molecule has 0 aromatic heterocycles. The molecule has 2 N–H and O–H groups in total. The van der Waals surface area contributed by atoms with Crippen LogP contribution >= 0.6 is 0 Å². The smallest absolute Gasteiger partial charge is 0.335 e. The molecule has 2 unspecified atom stereocenters. The highest BCUT2D eigenvalue weighted by molar-refractivity contribution is 6.13. The first kappa shape index (κ1) is 18.1. The van der Waals surface area contributed by atoms with Crippen LogP contribution in [0.5, 0.6) is 0 Å². The van der Waals surface area contributed by atoms with Gasteiger partial charge in [0.2, 0.25) is 5.91 Å². The number of rotatable bonds is 7. The molecule has 1 aromatic carbocycles. The molecule has 0 aliphatic heterocycles. The Morgan fingerprint density at radius 1 is 1.52 bits per heavy atom. The third-order valence-corrected chi connectivity index (χ3v) is 4.03. The molecule has 2 atom stereocenters. The largest absolute Gasteiger partial charge is 0.478 e. The highest BCUT2D eigenvalue weighted by atomic mass is 16.6. The van der Waals surface area contributed by atoms with Gasteiger partial charge in [0, 0.05) is 12.0 Å². The molecule has 132 valence electrons. The summed E-state index contributed by atoms with van der Waals surface area (Å²) in [5.74, 6) is -3.29. The van der Waals surface area contributed by atoms with Crippen LogP contribution in [0.3, 0.4) is 0 Å². The van der Waals surface area contributed by atoms with E-state index in [1.807, 2.05) is 0 Å². The normalized spacial score (nSPS) is 21.1. The molecule has 9 nitrogen and oxygen atoms in total. The molecule has 1 amide bonds. The van der Waals surface area contributed by atoms with Crippen molar-refractivity contribution in [1.29, 1.82) is 0 Å². The van der Waals surface area contributed by atoms with Crippen LogP contribution in [-0.2, 0) is 14.3 Å². The van der Waals surface area contributed by atoms with Gasteiger partial charge in [-0.05, 0) is 25.5 Å². The fourth-order valence-corrected chi connectivity index (χ4v) is 2.58. The Hall–Kier alpha value is -3.23. The zero-order valence-electron chi connectivity index (χ0n) is 13.4. The molecule has 1 saturated carbocycles. The van der Waals surface area contributed by atoms with Gasteiger partial charge in [0.25, 0.3) is 5.69 Å². The minimum Gasteiger partial charge on any atom is -0.478 e. The quantitative estimate of drug-likeness (QED) is 0.253. The zero-order valence-corrected chi connectivity index (χ0v) is 13.4. The number of allylic oxidation sites excluding steroid dienone is 1. The molecule has 1 aromatic rings. The van der Waals surface area contributed by atoms with Crippen molar-refractivity contribution in [1.82, 2.24) is 0 Å². The van der Waals surface area contributed by atoms with Crippen LogP contribution in [0.1, 0.15) is 23.7 Å². The Morgan fingerprint density at radius 2 is 2.20 bits per heavy atom. The predicted octanol–water partition coefficient (Wildman–Crippen LogP) is 1.99. The Kier molecular flexibility index (Phi) is 4.87. The summed E-state index contributed by atoms with van der Waals surface area (Å²) in [4.78, 5) is 46.2. The van der Waals surface area contributed by atoms with E-state index in [1.54, 1.807) is 6.92 Å². The van der Waals surface area contributed by atoms with E-state index >= 15 is 0 Å². The monoisotopic (exact) mass is 348 g/mol. The number of ether oxygens (including phenoxy) is 1. The van der Waals surface area contributed by atoms with Crippen molar-refractivity contribution >= 4 is 29.2 Å². The molecule has 2 rings (SSSR count). The molecule has 1 aliphatic carbocycles. The first-order valence-electron chi connectivity index (χ1n) is 7.40. The number of nitrogens with zero attached hydrogens (tertiary/aromatic N) is 1.